The normalized spacial score (nSPS) is 20.5. The van der Waals surface area contributed by atoms with Crippen LogP contribution in [0.2, 0.25) is 0 Å². The van der Waals surface area contributed by atoms with Gasteiger partial charge in [0.25, 0.3) is 0 Å². The monoisotopic (exact) mass is 349 g/mol. The molecule has 2 amide bonds. The molecule has 3 heterocycles. The molecule has 0 aliphatic carbocycles. The van der Waals surface area contributed by atoms with Gasteiger partial charge in [-0.1, -0.05) is 6.07 Å². The van der Waals surface area contributed by atoms with Crippen LogP contribution in [-0.4, -0.2) is 22.3 Å². The van der Waals surface area contributed by atoms with E-state index in [2.05, 4.69) is 15.6 Å². The van der Waals surface area contributed by atoms with Gasteiger partial charge in [0, 0.05) is 23.8 Å². The molecule has 5 nitrogen and oxygen atoms in total. The second kappa shape index (κ2) is 6.80. The first-order valence-electron chi connectivity index (χ1n) is 7.60. The van der Waals surface area contributed by atoms with Crippen LogP contribution < -0.4 is 10.6 Å². The van der Waals surface area contributed by atoms with E-state index in [4.69, 9.17) is 0 Å². The predicted molar refractivity (Wildman–Crippen MR) is 92.3 cm³/mol. The maximum Gasteiger partial charge on any atom is 0.220 e. The Morgan fingerprint density at radius 3 is 3.04 bits per heavy atom. The summed E-state index contributed by atoms with van der Waals surface area (Å²) in [6, 6.07) is 4.05. The molecule has 0 radical (unpaired) electrons. The summed E-state index contributed by atoms with van der Waals surface area (Å²) in [5, 5.41) is 10.9. The molecule has 23 heavy (non-hydrogen) atoms. The molecule has 0 aromatic carbocycles. The van der Waals surface area contributed by atoms with Gasteiger partial charge in [0.1, 0.15) is 5.01 Å². The number of nitrogens with one attached hydrogen (secondary N) is 2. The van der Waals surface area contributed by atoms with Gasteiger partial charge in [-0.25, -0.2) is 4.98 Å². The van der Waals surface area contributed by atoms with Crippen LogP contribution in [0.15, 0.2) is 22.9 Å². The molecule has 3 rings (SSSR count). The van der Waals surface area contributed by atoms with Crippen LogP contribution in [0.3, 0.4) is 0 Å². The molecule has 7 heteroatoms. The fraction of sp³-hybridized carbons (Fsp3) is 0.438. The van der Waals surface area contributed by atoms with Crippen LogP contribution in [0.4, 0.5) is 0 Å². The number of aromatic nitrogens is 1. The smallest absolute Gasteiger partial charge is 0.220 e. The Morgan fingerprint density at radius 1 is 1.48 bits per heavy atom. The second-order valence-electron chi connectivity index (χ2n) is 6.01. The maximum atomic E-state index is 12.0. The lowest BCUT2D eigenvalue weighted by Gasteiger charge is -2.23. The molecular formula is C16H19N3O2S2. The number of carbonyl (C=O) groups excluding carboxylic acids is 2. The van der Waals surface area contributed by atoms with Crippen molar-refractivity contribution in [2.24, 2.45) is 0 Å². The molecule has 0 spiro atoms. The van der Waals surface area contributed by atoms with E-state index in [1.54, 1.807) is 22.7 Å². The number of thiophene rings is 1. The molecule has 0 bridgehead atoms. The Kier molecular flexibility index (Phi) is 4.77. The van der Waals surface area contributed by atoms with Crippen molar-refractivity contribution in [3.8, 4) is 9.88 Å². The molecule has 1 atom stereocenters. The molecule has 2 N–H and O–H groups in total. The molecule has 1 aliphatic rings. The third-order valence-electron chi connectivity index (χ3n) is 4.00. The van der Waals surface area contributed by atoms with Crippen LogP contribution in [0, 0.1) is 0 Å². The molecule has 2 aromatic rings. The van der Waals surface area contributed by atoms with Crippen molar-refractivity contribution in [1.82, 2.24) is 15.6 Å². The highest BCUT2D eigenvalue weighted by molar-refractivity contribution is 7.20. The largest absolute Gasteiger partial charge is 0.351 e. The van der Waals surface area contributed by atoms with Gasteiger partial charge in [-0.05, 0) is 31.2 Å². The van der Waals surface area contributed by atoms with Crippen molar-refractivity contribution >= 4 is 34.5 Å². The van der Waals surface area contributed by atoms with E-state index in [1.807, 2.05) is 29.8 Å². The number of rotatable bonds is 6. The average molecular weight is 349 g/mol. The number of hydrogen-bond donors (Lipinski definition) is 2. The molecule has 122 valence electrons. The summed E-state index contributed by atoms with van der Waals surface area (Å²) in [5.41, 5.74) is 0.647. The van der Waals surface area contributed by atoms with Crippen LogP contribution in [0.1, 0.15) is 38.3 Å². The lowest BCUT2D eigenvalue weighted by molar-refractivity contribution is -0.122. The molecule has 1 saturated heterocycles. The minimum absolute atomic E-state index is 0.00181. The van der Waals surface area contributed by atoms with Gasteiger partial charge in [-0.2, -0.15) is 0 Å². The Hall–Kier alpha value is -1.73. The summed E-state index contributed by atoms with van der Waals surface area (Å²) in [4.78, 5) is 29.0. The highest BCUT2D eigenvalue weighted by Crippen LogP contribution is 2.28. The second-order valence-corrected chi connectivity index (χ2v) is 7.81. The summed E-state index contributed by atoms with van der Waals surface area (Å²) < 4.78 is 0. The third kappa shape index (κ3) is 4.17. The van der Waals surface area contributed by atoms with Gasteiger partial charge in [-0.15, -0.1) is 22.7 Å². The standard InChI is InChI=1S/C16H19N3O2S2/c1-16(7-5-14(21)19-16)6-4-13(20)17-9-11-10-23-15(18-11)12-3-2-8-22-12/h2-3,8,10H,4-7,9H2,1H3,(H,17,20)(H,19,21)/t16-/m0/s1. The highest BCUT2D eigenvalue weighted by atomic mass is 32.1. The van der Waals surface area contributed by atoms with Crippen LogP contribution in [-0.2, 0) is 16.1 Å². The zero-order valence-corrected chi connectivity index (χ0v) is 14.6. The maximum absolute atomic E-state index is 12.0. The Bertz CT molecular complexity index is 696. The van der Waals surface area contributed by atoms with E-state index in [-0.39, 0.29) is 17.4 Å². The Labute approximate surface area is 143 Å². The summed E-state index contributed by atoms with van der Waals surface area (Å²) in [7, 11) is 0. The van der Waals surface area contributed by atoms with E-state index in [1.165, 1.54) is 0 Å². The SMILES string of the molecule is C[C@]1(CCC(=O)NCc2csc(-c3cccs3)n2)CCC(=O)N1. The molecule has 1 fully saturated rings. The van der Waals surface area contributed by atoms with Crippen molar-refractivity contribution in [2.75, 3.05) is 0 Å². The molecule has 2 aromatic heterocycles. The predicted octanol–water partition coefficient (Wildman–Crippen LogP) is 2.94. The zero-order chi connectivity index (χ0) is 16.3. The number of hydrogen-bond acceptors (Lipinski definition) is 5. The first-order chi connectivity index (χ1) is 11.0. The number of carbonyl (C=O) groups is 2. The Balaban J connectivity index is 1.45. The number of amides is 2. The lowest BCUT2D eigenvalue weighted by Crippen LogP contribution is -2.39. The van der Waals surface area contributed by atoms with Crippen molar-refractivity contribution in [1.29, 1.82) is 0 Å². The van der Waals surface area contributed by atoms with Gasteiger partial charge in [0.2, 0.25) is 11.8 Å². The van der Waals surface area contributed by atoms with Crippen LogP contribution in [0.5, 0.6) is 0 Å². The van der Waals surface area contributed by atoms with Gasteiger partial charge < -0.3 is 10.6 Å². The van der Waals surface area contributed by atoms with Crippen molar-refractivity contribution in [3.63, 3.8) is 0 Å². The van der Waals surface area contributed by atoms with Gasteiger partial charge in [0.15, 0.2) is 0 Å². The van der Waals surface area contributed by atoms with Gasteiger partial charge in [-0.3, -0.25) is 9.59 Å². The number of thiazole rings is 1. The van der Waals surface area contributed by atoms with Gasteiger partial charge in [0.05, 0.1) is 17.1 Å². The lowest BCUT2D eigenvalue weighted by atomic mass is 9.94. The molecule has 0 unspecified atom stereocenters. The average Bonchev–Trinajstić information content (AvgIpc) is 3.24. The molecular weight excluding hydrogens is 330 g/mol. The van der Waals surface area contributed by atoms with E-state index < -0.39 is 0 Å². The summed E-state index contributed by atoms with van der Waals surface area (Å²) >= 11 is 3.25. The molecule has 0 saturated carbocycles. The van der Waals surface area contributed by atoms with Gasteiger partial charge >= 0.3 is 0 Å². The van der Waals surface area contributed by atoms with E-state index in [0.717, 1.165) is 22.0 Å². The zero-order valence-electron chi connectivity index (χ0n) is 12.9. The first kappa shape index (κ1) is 16.1. The topological polar surface area (TPSA) is 71.1 Å². The minimum atomic E-state index is -0.235. The summed E-state index contributed by atoms with van der Waals surface area (Å²) in [5.74, 6) is 0.0783. The third-order valence-corrected chi connectivity index (χ3v) is 5.93. The quantitative estimate of drug-likeness (QED) is 0.842. The highest BCUT2D eigenvalue weighted by Gasteiger charge is 2.32. The Morgan fingerprint density at radius 2 is 2.35 bits per heavy atom. The summed E-state index contributed by atoms with van der Waals surface area (Å²) in [6.07, 6.45) is 2.44. The minimum Gasteiger partial charge on any atom is -0.351 e. The fourth-order valence-corrected chi connectivity index (χ4v) is 4.24. The van der Waals surface area contributed by atoms with Crippen molar-refractivity contribution in [3.05, 3.63) is 28.6 Å². The van der Waals surface area contributed by atoms with Crippen LogP contribution in [0.25, 0.3) is 9.88 Å². The van der Waals surface area contributed by atoms with E-state index >= 15 is 0 Å². The van der Waals surface area contributed by atoms with Crippen LogP contribution >= 0.6 is 22.7 Å². The van der Waals surface area contributed by atoms with E-state index in [0.29, 0.717) is 25.8 Å². The number of nitrogens with zero attached hydrogens (tertiary/aromatic N) is 1. The molecule has 1 aliphatic heterocycles. The van der Waals surface area contributed by atoms with Crippen molar-refractivity contribution in [2.45, 2.75) is 44.7 Å². The van der Waals surface area contributed by atoms with Crippen molar-refractivity contribution < 1.29 is 9.59 Å². The summed E-state index contributed by atoms with van der Waals surface area (Å²) in [6.45, 7) is 2.45. The first-order valence-corrected chi connectivity index (χ1v) is 9.36. The van der Waals surface area contributed by atoms with E-state index in [9.17, 15) is 9.59 Å². The fourth-order valence-electron chi connectivity index (χ4n) is 2.61.